The van der Waals surface area contributed by atoms with Crippen molar-refractivity contribution >= 4 is 23.2 Å². The molecule has 2 N–H and O–H groups in total. The van der Waals surface area contributed by atoms with Crippen molar-refractivity contribution < 1.29 is 19.4 Å². The minimum atomic E-state index is -1.09. The molecule has 1 fully saturated rings. The molecule has 0 unspecified atom stereocenters. The first-order chi connectivity index (χ1) is 13.9. The molecule has 2 aromatic rings. The van der Waals surface area contributed by atoms with Crippen LogP contribution in [-0.4, -0.2) is 59.7 Å². The predicted octanol–water partition coefficient (Wildman–Crippen LogP) is 1.88. The zero-order chi connectivity index (χ0) is 20.4. The van der Waals surface area contributed by atoms with E-state index in [9.17, 15) is 14.7 Å². The molecular formula is C22H25N3O4. The summed E-state index contributed by atoms with van der Waals surface area (Å²) in [5.41, 5.74) is 0.246. The Bertz CT molecular complexity index is 900. The van der Waals surface area contributed by atoms with Gasteiger partial charge in [0.05, 0.1) is 17.9 Å². The Kier molecular flexibility index (Phi) is 5.25. The van der Waals surface area contributed by atoms with Gasteiger partial charge in [0.1, 0.15) is 24.0 Å². The van der Waals surface area contributed by atoms with Crippen molar-refractivity contribution in [2.24, 2.45) is 0 Å². The third-order valence-corrected chi connectivity index (χ3v) is 5.40. The molecule has 2 aliphatic heterocycles. The molecule has 29 heavy (non-hydrogen) atoms. The number of aliphatic hydroxyl groups is 1. The zero-order valence-electron chi connectivity index (χ0n) is 16.4. The zero-order valence-corrected chi connectivity index (χ0v) is 16.4. The van der Waals surface area contributed by atoms with Gasteiger partial charge in [-0.05, 0) is 37.6 Å². The van der Waals surface area contributed by atoms with Crippen LogP contribution < -0.4 is 15.0 Å². The second-order valence-corrected chi connectivity index (χ2v) is 7.82. The molecule has 0 saturated carbocycles. The van der Waals surface area contributed by atoms with E-state index in [2.05, 4.69) is 5.32 Å². The standard InChI is InChI=1S/C22H25N3O4/c1-22(28)15-24(12-11-19(22)29-16-7-3-2-4-8-16)14-21(27)25-13-20(26)23-17-9-5-6-10-18(17)25/h2-10,19,28H,11-15H2,1H3,(H,23,26)/t19-,22-/m0/s1. The number of nitrogens with zero attached hydrogens (tertiary/aromatic N) is 2. The molecule has 0 spiro atoms. The number of fused-ring (bicyclic) bond motifs is 1. The number of carbonyl (C=O) groups is 2. The molecule has 2 heterocycles. The first kappa shape index (κ1) is 19.4. The Hall–Kier alpha value is -2.90. The third-order valence-electron chi connectivity index (χ3n) is 5.40. The van der Waals surface area contributed by atoms with Gasteiger partial charge in [-0.15, -0.1) is 0 Å². The smallest absolute Gasteiger partial charge is 0.244 e. The number of piperidine rings is 1. The highest BCUT2D eigenvalue weighted by Gasteiger charge is 2.40. The number of hydrogen-bond donors (Lipinski definition) is 2. The number of β-amino-alcohol motifs (C(OH)–C–C–N with tert-alkyl or cyclic N) is 1. The van der Waals surface area contributed by atoms with E-state index in [-0.39, 0.29) is 31.0 Å². The molecule has 0 aromatic heterocycles. The summed E-state index contributed by atoms with van der Waals surface area (Å²) in [4.78, 5) is 28.4. The van der Waals surface area contributed by atoms with E-state index in [1.807, 2.05) is 53.4 Å². The van der Waals surface area contributed by atoms with Crippen molar-refractivity contribution in [3.8, 4) is 5.75 Å². The fourth-order valence-corrected chi connectivity index (χ4v) is 3.96. The molecule has 7 heteroatoms. The minimum absolute atomic E-state index is 0.000176. The molecule has 2 aromatic carbocycles. The van der Waals surface area contributed by atoms with Crippen molar-refractivity contribution in [2.75, 3.05) is 36.4 Å². The Morgan fingerprint density at radius 2 is 1.93 bits per heavy atom. The summed E-state index contributed by atoms with van der Waals surface area (Å²) in [6, 6.07) is 16.7. The molecule has 0 aliphatic carbocycles. The van der Waals surface area contributed by atoms with E-state index in [1.54, 1.807) is 13.0 Å². The number of anilines is 2. The van der Waals surface area contributed by atoms with Crippen LogP contribution in [0.25, 0.3) is 0 Å². The summed E-state index contributed by atoms with van der Waals surface area (Å²) in [5.74, 6) is 0.350. The fourth-order valence-electron chi connectivity index (χ4n) is 3.96. The molecule has 1 saturated heterocycles. The lowest BCUT2D eigenvalue weighted by atomic mass is 9.91. The Labute approximate surface area is 169 Å². The van der Waals surface area contributed by atoms with E-state index in [1.165, 1.54) is 4.90 Å². The van der Waals surface area contributed by atoms with Gasteiger partial charge in [-0.2, -0.15) is 0 Å². The van der Waals surface area contributed by atoms with E-state index in [0.717, 1.165) is 5.75 Å². The monoisotopic (exact) mass is 395 g/mol. The highest BCUT2D eigenvalue weighted by Crippen LogP contribution is 2.30. The first-order valence-electron chi connectivity index (χ1n) is 9.78. The second-order valence-electron chi connectivity index (χ2n) is 7.82. The highest BCUT2D eigenvalue weighted by atomic mass is 16.5. The van der Waals surface area contributed by atoms with Gasteiger partial charge in [0, 0.05) is 13.1 Å². The van der Waals surface area contributed by atoms with Crippen LogP contribution in [-0.2, 0) is 9.59 Å². The van der Waals surface area contributed by atoms with Gasteiger partial charge in [0.15, 0.2) is 0 Å². The molecular weight excluding hydrogens is 370 g/mol. The molecule has 0 bridgehead atoms. The number of para-hydroxylation sites is 3. The second kappa shape index (κ2) is 7.85. The van der Waals surface area contributed by atoms with E-state index in [0.29, 0.717) is 30.9 Å². The Morgan fingerprint density at radius 3 is 2.69 bits per heavy atom. The predicted molar refractivity (Wildman–Crippen MR) is 110 cm³/mol. The summed E-state index contributed by atoms with van der Waals surface area (Å²) < 4.78 is 5.98. The molecule has 2 atom stereocenters. The average Bonchev–Trinajstić information content (AvgIpc) is 2.70. The van der Waals surface area contributed by atoms with Crippen LogP contribution in [0.1, 0.15) is 13.3 Å². The van der Waals surface area contributed by atoms with Crippen molar-refractivity contribution in [1.29, 1.82) is 0 Å². The van der Waals surface area contributed by atoms with Crippen LogP contribution >= 0.6 is 0 Å². The molecule has 7 nitrogen and oxygen atoms in total. The van der Waals surface area contributed by atoms with Crippen molar-refractivity contribution in [2.45, 2.75) is 25.0 Å². The maximum Gasteiger partial charge on any atom is 0.244 e. The van der Waals surface area contributed by atoms with Crippen LogP contribution in [0.5, 0.6) is 5.75 Å². The number of likely N-dealkylation sites (tertiary alicyclic amines) is 1. The first-order valence-corrected chi connectivity index (χ1v) is 9.78. The van der Waals surface area contributed by atoms with Crippen molar-refractivity contribution in [1.82, 2.24) is 4.90 Å². The van der Waals surface area contributed by atoms with Crippen LogP contribution in [0.15, 0.2) is 54.6 Å². The number of carbonyl (C=O) groups excluding carboxylic acids is 2. The van der Waals surface area contributed by atoms with Crippen molar-refractivity contribution in [3.05, 3.63) is 54.6 Å². The van der Waals surface area contributed by atoms with Crippen molar-refractivity contribution in [3.63, 3.8) is 0 Å². The fraction of sp³-hybridized carbons (Fsp3) is 0.364. The summed E-state index contributed by atoms with van der Waals surface area (Å²) in [6.45, 7) is 2.82. The minimum Gasteiger partial charge on any atom is -0.487 e. The number of benzene rings is 2. The number of nitrogens with one attached hydrogen (secondary N) is 1. The highest BCUT2D eigenvalue weighted by molar-refractivity contribution is 6.10. The molecule has 4 rings (SSSR count). The summed E-state index contributed by atoms with van der Waals surface area (Å²) >= 11 is 0. The van der Waals surface area contributed by atoms with Gasteiger partial charge < -0.3 is 15.2 Å². The van der Waals surface area contributed by atoms with Crippen LogP contribution in [0.2, 0.25) is 0 Å². The number of amides is 2. The lowest BCUT2D eigenvalue weighted by Crippen LogP contribution is -2.59. The average molecular weight is 395 g/mol. The van der Waals surface area contributed by atoms with Crippen LogP contribution in [0.3, 0.4) is 0 Å². The Morgan fingerprint density at radius 1 is 1.21 bits per heavy atom. The topological polar surface area (TPSA) is 82.1 Å². The van der Waals surface area contributed by atoms with E-state index < -0.39 is 5.60 Å². The Balaban J connectivity index is 1.41. The lowest BCUT2D eigenvalue weighted by molar-refractivity contribution is -0.127. The summed E-state index contributed by atoms with van der Waals surface area (Å²) in [5, 5.41) is 13.7. The summed E-state index contributed by atoms with van der Waals surface area (Å²) in [7, 11) is 0. The van der Waals surface area contributed by atoms with Gasteiger partial charge in [-0.3, -0.25) is 19.4 Å². The molecule has 2 aliphatic rings. The van der Waals surface area contributed by atoms with Gasteiger partial charge >= 0.3 is 0 Å². The molecule has 0 radical (unpaired) electrons. The van der Waals surface area contributed by atoms with Gasteiger partial charge in [-0.1, -0.05) is 30.3 Å². The summed E-state index contributed by atoms with van der Waals surface area (Å²) in [6.07, 6.45) is 0.254. The maximum atomic E-state index is 12.9. The van der Waals surface area contributed by atoms with Crippen LogP contribution in [0.4, 0.5) is 11.4 Å². The van der Waals surface area contributed by atoms with Gasteiger partial charge in [-0.25, -0.2) is 0 Å². The molecule has 152 valence electrons. The number of ether oxygens (including phenoxy) is 1. The normalized spacial score (nSPS) is 24.6. The quantitative estimate of drug-likeness (QED) is 0.826. The number of hydrogen-bond acceptors (Lipinski definition) is 5. The molecule has 2 amide bonds. The van der Waals surface area contributed by atoms with Crippen LogP contribution in [0, 0.1) is 0 Å². The maximum absolute atomic E-state index is 12.9. The number of rotatable bonds is 4. The lowest BCUT2D eigenvalue weighted by Gasteiger charge is -2.43. The third kappa shape index (κ3) is 4.26. The van der Waals surface area contributed by atoms with Gasteiger partial charge in [0.2, 0.25) is 11.8 Å². The van der Waals surface area contributed by atoms with E-state index in [4.69, 9.17) is 4.74 Å². The largest absolute Gasteiger partial charge is 0.487 e. The van der Waals surface area contributed by atoms with Gasteiger partial charge in [0.25, 0.3) is 0 Å². The van der Waals surface area contributed by atoms with E-state index >= 15 is 0 Å². The SMILES string of the molecule is C[C@]1(O)CN(CC(=O)N2CC(=O)Nc3ccccc32)CC[C@@H]1Oc1ccccc1.